The first-order valence-electron chi connectivity index (χ1n) is 6.70. The molecule has 3 nitrogen and oxygen atoms in total. The molecule has 5 heteroatoms. The van der Waals surface area contributed by atoms with Crippen molar-refractivity contribution >= 4 is 21.4 Å². The highest BCUT2D eigenvalue weighted by atomic mass is 35.5. The minimum absolute atomic E-state index is 0.00744. The van der Waals surface area contributed by atoms with Crippen LogP contribution in [0.4, 0.5) is 0 Å². The molecule has 0 aromatic heterocycles. The summed E-state index contributed by atoms with van der Waals surface area (Å²) in [6, 6.07) is 16.4. The number of nitrogens with two attached hydrogens (primary N) is 1. The summed E-state index contributed by atoms with van der Waals surface area (Å²) in [4.78, 5) is 0. The van der Waals surface area contributed by atoms with Crippen LogP contribution in [-0.2, 0) is 15.6 Å². The van der Waals surface area contributed by atoms with Gasteiger partial charge in [-0.1, -0.05) is 54.1 Å². The molecule has 0 bridgehead atoms. The lowest BCUT2D eigenvalue weighted by Gasteiger charge is -2.15. The summed E-state index contributed by atoms with van der Waals surface area (Å²) >= 11 is 5.80. The van der Waals surface area contributed by atoms with Crippen molar-refractivity contribution in [1.82, 2.24) is 0 Å². The standard InChI is InChI=1S/C16H18ClNO2S/c17-16-8-6-13(7-9-16)11-21(19,20)12-15(10-18)14-4-2-1-3-5-14/h1-9,15H,10-12,18H2. The molecule has 112 valence electrons. The van der Waals surface area contributed by atoms with Crippen LogP contribution in [0.1, 0.15) is 17.0 Å². The molecule has 0 saturated carbocycles. The van der Waals surface area contributed by atoms with Gasteiger partial charge in [0.05, 0.1) is 11.5 Å². The summed E-state index contributed by atoms with van der Waals surface area (Å²) in [7, 11) is -3.23. The Morgan fingerprint density at radius 2 is 1.62 bits per heavy atom. The SMILES string of the molecule is NCC(CS(=O)(=O)Cc1ccc(Cl)cc1)c1ccccc1. The van der Waals surface area contributed by atoms with E-state index in [2.05, 4.69) is 0 Å². The second kappa shape index (κ2) is 7.07. The summed E-state index contributed by atoms with van der Waals surface area (Å²) in [5.74, 6) is -0.118. The molecule has 0 saturated heterocycles. The Morgan fingerprint density at radius 3 is 2.19 bits per heavy atom. The normalized spacial score (nSPS) is 13.0. The Labute approximate surface area is 130 Å². The average Bonchev–Trinajstić information content (AvgIpc) is 2.48. The van der Waals surface area contributed by atoms with E-state index in [0.29, 0.717) is 11.6 Å². The van der Waals surface area contributed by atoms with Crippen LogP contribution in [0.3, 0.4) is 0 Å². The topological polar surface area (TPSA) is 60.2 Å². The molecule has 1 atom stereocenters. The maximum absolute atomic E-state index is 12.3. The molecule has 0 heterocycles. The Hall–Kier alpha value is -1.36. The van der Waals surface area contributed by atoms with Crippen LogP contribution in [0, 0.1) is 0 Å². The van der Waals surface area contributed by atoms with Crippen molar-refractivity contribution in [3.63, 3.8) is 0 Å². The molecule has 0 spiro atoms. The number of halogens is 1. The van der Waals surface area contributed by atoms with Gasteiger partial charge in [0.2, 0.25) is 0 Å². The number of rotatable bonds is 6. The fourth-order valence-corrected chi connectivity index (χ4v) is 4.11. The highest BCUT2D eigenvalue weighted by Gasteiger charge is 2.20. The zero-order chi connectivity index (χ0) is 15.3. The molecule has 2 N–H and O–H groups in total. The van der Waals surface area contributed by atoms with E-state index in [4.69, 9.17) is 17.3 Å². The minimum atomic E-state index is -3.23. The van der Waals surface area contributed by atoms with Gasteiger partial charge in [-0.05, 0) is 23.3 Å². The fourth-order valence-electron chi connectivity index (χ4n) is 2.23. The smallest absolute Gasteiger partial charge is 0.155 e. The predicted molar refractivity (Wildman–Crippen MR) is 87.2 cm³/mol. The van der Waals surface area contributed by atoms with Gasteiger partial charge < -0.3 is 5.73 Å². The average molecular weight is 324 g/mol. The first kappa shape index (κ1) is 16.0. The molecule has 0 fully saturated rings. The summed E-state index contributed by atoms with van der Waals surface area (Å²) in [5, 5.41) is 0.597. The monoisotopic (exact) mass is 323 g/mol. The van der Waals surface area contributed by atoms with Gasteiger partial charge in [-0.2, -0.15) is 0 Å². The van der Waals surface area contributed by atoms with Crippen molar-refractivity contribution in [2.75, 3.05) is 12.3 Å². The molecular formula is C16H18ClNO2S. The minimum Gasteiger partial charge on any atom is -0.330 e. The molecule has 2 aromatic carbocycles. The van der Waals surface area contributed by atoms with E-state index in [0.717, 1.165) is 11.1 Å². The quantitative estimate of drug-likeness (QED) is 0.889. The second-order valence-corrected chi connectivity index (χ2v) is 7.57. The van der Waals surface area contributed by atoms with Crippen LogP contribution >= 0.6 is 11.6 Å². The largest absolute Gasteiger partial charge is 0.330 e. The molecule has 2 aromatic rings. The maximum Gasteiger partial charge on any atom is 0.155 e. The Bertz CT molecular complexity index is 669. The Morgan fingerprint density at radius 1 is 1.00 bits per heavy atom. The van der Waals surface area contributed by atoms with E-state index in [1.807, 2.05) is 30.3 Å². The number of hydrogen-bond acceptors (Lipinski definition) is 3. The summed E-state index contributed by atoms with van der Waals surface area (Å²) in [6.45, 7) is 0.309. The maximum atomic E-state index is 12.3. The van der Waals surface area contributed by atoms with E-state index >= 15 is 0 Å². The molecule has 0 amide bonds. The molecular weight excluding hydrogens is 306 g/mol. The van der Waals surface area contributed by atoms with Crippen LogP contribution in [0.25, 0.3) is 0 Å². The van der Waals surface area contributed by atoms with Crippen molar-refractivity contribution in [2.45, 2.75) is 11.7 Å². The third-order valence-electron chi connectivity index (χ3n) is 3.31. The second-order valence-electron chi connectivity index (χ2n) is 5.02. The Kier molecular flexibility index (Phi) is 5.39. The van der Waals surface area contributed by atoms with E-state index in [9.17, 15) is 8.42 Å². The zero-order valence-electron chi connectivity index (χ0n) is 11.6. The van der Waals surface area contributed by atoms with Crippen LogP contribution in [0.2, 0.25) is 5.02 Å². The van der Waals surface area contributed by atoms with Gasteiger partial charge in [0.1, 0.15) is 0 Å². The van der Waals surface area contributed by atoms with Gasteiger partial charge in [-0.3, -0.25) is 0 Å². The number of hydrogen-bond donors (Lipinski definition) is 1. The van der Waals surface area contributed by atoms with E-state index in [1.165, 1.54) is 0 Å². The van der Waals surface area contributed by atoms with Gasteiger partial charge in [-0.25, -0.2) is 8.42 Å². The van der Waals surface area contributed by atoms with Crippen LogP contribution in [0.5, 0.6) is 0 Å². The lowest BCUT2D eigenvalue weighted by molar-refractivity contribution is 0.587. The van der Waals surface area contributed by atoms with Crippen molar-refractivity contribution in [3.8, 4) is 0 Å². The zero-order valence-corrected chi connectivity index (χ0v) is 13.1. The predicted octanol–water partition coefficient (Wildman–Crippen LogP) is 3.00. The molecule has 1 unspecified atom stereocenters. The van der Waals surface area contributed by atoms with E-state index < -0.39 is 9.84 Å². The summed E-state index contributed by atoms with van der Waals surface area (Å²) in [6.07, 6.45) is 0. The van der Waals surface area contributed by atoms with Gasteiger partial charge in [0.15, 0.2) is 9.84 Å². The van der Waals surface area contributed by atoms with E-state index in [-0.39, 0.29) is 17.4 Å². The van der Waals surface area contributed by atoms with Gasteiger partial charge in [0, 0.05) is 17.5 Å². The summed E-state index contributed by atoms with van der Waals surface area (Å²) in [5.41, 5.74) is 7.44. The van der Waals surface area contributed by atoms with Crippen molar-refractivity contribution in [2.24, 2.45) is 5.73 Å². The van der Waals surface area contributed by atoms with Gasteiger partial charge >= 0.3 is 0 Å². The first-order chi connectivity index (χ1) is 10.00. The van der Waals surface area contributed by atoms with Crippen molar-refractivity contribution in [1.29, 1.82) is 0 Å². The third kappa shape index (κ3) is 4.84. The fraction of sp³-hybridized carbons (Fsp3) is 0.250. The van der Waals surface area contributed by atoms with Crippen LogP contribution in [0.15, 0.2) is 54.6 Å². The molecule has 2 rings (SSSR count). The molecule has 0 radical (unpaired) electrons. The number of sulfone groups is 1. The van der Waals surface area contributed by atoms with Crippen molar-refractivity contribution < 1.29 is 8.42 Å². The van der Waals surface area contributed by atoms with Crippen LogP contribution in [-0.4, -0.2) is 20.7 Å². The van der Waals surface area contributed by atoms with Gasteiger partial charge in [0.25, 0.3) is 0 Å². The first-order valence-corrected chi connectivity index (χ1v) is 8.90. The highest BCUT2D eigenvalue weighted by Crippen LogP contribution is 2.19. The molecule has 0 aliphatic carbocycles. The molecule has 0 aliphatic heterocycles. The van der Waals surface area contributed by atoms with Gasteiger partial charge in [-0.15, -0.1) is 0 Å². The van der Waals surface area contributed by atoms with Crippen molar-refractivity contribution in [3.05, 3.63) is 70.7 Å². The lowest BCUT2D eigenvalue weighted by atomic mass is 10.0. The van der Waals surface area contributed by atoms with E-state index in [1.54, 1.807) is 24.3 Å². The third-order valence-corrected chi connectivity index (χ3v) is 5.25. The van der Waals surface area contributed by atoms with Crippen LogP contribution < -0.4 is 5.73 Å². The number of benzene rings is 2. The highest BCUT2D eigenvalue weighted by molar-refractivity contribution is 7.90. The summed E-state index contributed by atoms with van der Waals surface area (Å²) < 4.78 is 24.7. The molecule has 0 aliphatic rings. The Balaban J connectivity index is 2.10. The lowest BCUT2D eigenvalue weighted by Crippen LogP contribution is -2.23. The molecule has 21 heavy (non-hydrogen) atoms.